The largest absolute Gasteiger partial charge is 0.401 e. The van der Waals surface area contributed by atoms with Crippen LogP contribution in [0.1, 0.15) is 37.4 Å². The number of benzene rings is 1. The third kappa shape index (κ3) is 4.65. The van der Waals surface area contributed by atoms with Crippen LogP contribution in [0.3, 0.4) is 0 Å². The molecule has 6 rings (SSSR count). The van der Waals surface area contributed by atoms with Crippen LogP contribution in [-0.2, 0) is 24.8 Å². The molecule has 2 aliphatic heterocycles. The Bertz CT molecular complexity index is 1720. The number of carbonyl (C=O) groups is 1. The number of ether oxygens (including phenoxy) is 1. The van der Waals surface area contributed by atoms with Gasteiger partial charge in [-0.2, -0.15) is 18.3 Å². The zero-order valence-corrected chi connectivity index (χ0v) is 24.5. The molecule has 43 heavy (non-hydrogen) atoms. The first-order valence-electron chi connectivity index (χ1n) is 13.5. The standard InChI is InChI=1S/C27H27ClF5N5O4S/c1-24(27(31,32)33)14-37(18-12-35-20-11-19(28)36-38(20)22(18)24)16-5-3-15(4-6-16)21-25(2,26(21,29)30)23(39)34-8-9-42-17-7-10-43(40,41)13-17/h3-6,11-12,17,21H,7-10,13-14H2,1-2H3,(H,34,39)/t17?,21-,24-,25+/m1/s1. The van der Waals surface area contributed by atoms with E-state index in [4.69, 9.17) is 16.3 Å². The Morgan fingerprint density at radius 2 is 1.91 bits per heavy atom. The Labute approximate surface area is 248 Å². The highest BCUT2D eigenvalue weighted by Gasteiger charge is 2.82. The van der Waals surface area contributed by atoms with E-state index in [0.29, 0.717) is 12.1 Å². The number of alkyl halides is 5. The minimum Gasteiger partial charge on any atom is -0.375 e. The van der Waals surface area contributed by atoms with Crippen LogP contribution >= 0.6 is 11.6 Å². The third-order valence-electron chi connectivity index (χ3n) is 8.84. The first kappa shape index (κ1) is 30.0. The topological polar surface area (TPSA) is 106 Å². The number of hydrogen-bond donors (Lipinski definition) is 1. The van der Waals surface area contributed by atoms with Gasteiger partial charge in [-0.15, -0.1) is 0 Å². The van der Waals surface area contributed by atoms with Crippen LogP contribution in [0.2, 0.25) is 5.15 Å². The van der Waals surface area contributed by atoms with Gasteiger partial charge in [0.2, 0.25) is 5.91 Å². The molecule has 4 heterocycles. The molecule has 1 unspecified atom stereocenters. The lowest BCUT2D eigenvalue weighted by Gasteiger charge is -2.28. The van der Waals surface area contributed by atoms with Crippen molar-refractivity contribution in [3.05, 3.63) is 52.9 Å². The van der Waals surface area contributed by atoms with Gasteiger partial charge in [0.1, 0.15) is 10.8 Å². The van der Waals surface area contributed by atoms with E-state index in [-0.39, 0.29) is 52.4 Å². The number of rotatable bonds is 7. The SMILES string of the molecule is C[C@@]1(C(F)(F)F)CN(c2ccc([C@H]3C(F)(F)[C@]3(C)C(=O)NCCOC3CCS(=O)(=O)C3)cc2)c2cnc3cc(Cl)nn3c21. The fourth-order valence-electron chi connectivity index (χ4n) is 6.21. The molecule has 3 aromatic rings. The summed E-state index contributed by atoms with van der Waals surface area (Å²) in [5.41, 5.74) is -3.75. The number of aromatic nitrogens is 3. The second-order valence-electron chi connectivity index (χ2n) is 11.6. The van der Waals surface area contributed by atoms with Gasteiger partial charge in [-0.1, -0.05) is 23.7 Å². The molecule has 2 fully saturated rings. The van der Waals surface area contributed by atoms with E-state index >= 15 is 8.78 Å². The van der Waals surface area contributed by atoms with E-state index in [1.54, 1.807) is 0 Å². The van der Waals surface area contributed by atoms with Gasteiger partial charge >= 0.3 is 6.18 Å². The summed E-state index contributed by atoms with van der Waals surface area (Å²) in [6.45, 7) is 1.63. The van der Waals surface area contributed by atoms with Gasteiger partial charge in [0.25, 0.3) is 5.92 Å². The average Bonchev–Trinajstić information content (AvgIpc) is 3.35. The summed E-state index contributed by atoms with van der Waals surface area (Å²) in [5, 5.41) is 6.46. The van der Waals surface area contributed by atoms with Crippen molar-refractivity contribution in [2.45, 2.75) is 49.8 Å². The predicted molar refractivity (Wildman–Crippen MR) is 147 cm³/mol. The van der Waals surface area contributed by atoms with Gasteiger partial charge in [-0.05, 0) is 38.0 Å². The van der Waals surface area contributed by atoms with Crippen molar-refractivity contribution in [1.82, 2.24) is 19.9 Å². The molecule has 1 amide bonds. The van der Waals surface area contributed by atoms with E-state index in [0.717, 1.165) is 18.4 Å². The third-order valence-corrected chi connectivity index (χ3v) is 10.8. The highest BCUT2D eigenvalue weighted by Crippen LogP contribution is 2.71. The van der Waals surface area contributed by atoms with Gasteiger partial charge in [-0.25, -0.2) is 26.7 Å². The van der Waals surface area contributed by atoms with Crippen molar-refractivity contribution in [1.29, 1.82) is 0 Å². The lowest BCUT2D eigenvalue weighted by atomic mass is 9.87. The molecule has 9 nitrogen and oxygen atoms in total. The smallest absolute Gasteiger partial charge is 0.375 e. The second-order valence-corrected chi connectivity index (χ2v) is 14.3. The fraction of sp³-hybridized carbons (Fsp3) is 0.519. The quantitative estimate of drug-likeness (QED) is 0.299. The minimum atomic E-state index is -4.66. The van der Waals surface area contributed by atoms with Crippen molar-refractivity contribution in [3.63, 3.8) is 0 Å². The number of nitrogens with zero attached hydrogens (tertiary/aromatic N) is 4. The van der Waals surface area contributed by atoms with Gasteiger partial charge in [0.05, 0.1) is 47.7 Å². The number of carbonyl (C=O) groups excluding carboxylic acids is 1. The highest BCUT2D eigenvalue weighted by atomic mass is 35.5. The van der Waals surface area contributed by atoms with E-state index in [1.165, 1.54) is 41.4 Å². The maximum absolute atomic E-state index is 15.1. The number of sulfone groups is 1. The number of nitrogens with one attached hydrogen (secondary N) is 1. The molecule has 1 aromatic carbocycles. The summed E-state index contributed by atoms with van der Waals surface area (Å²) >= 11 is 5.96. The number of hydrogen-bond acceptors (Lipinski definition) is 7. The lowest BCUT2D eigenvalue weighted by Crippen LogP contribution is -2.43. The van der Waals surface area contributed by atoms with E-state index in [9.17, 15) is 26.4 Å². The van der Waals surface area contributed by atoms with Crippen molar-refractivity contribution in [2.75, 3.05) is 36.1 Å². The molecule has 1 aliphatic carbocycles. The van der Waals surface area contributed by atoms with Crippen molar-refractivity contribution in [2.24, 2.45) is 5.41 Å². The van der Waals surface area contributed by atoms with E-state index in [2.05, 4.69) is 15.4 Å². The normalized spacial score (nSPS) is 29.2. The lowest BCUT2D eigenvalue weighted by molar-refractivity contribution is -0.181. The number of fused-ring (bicyclic) bond motifs is 3. The van der Waals surface area contributed by atoms with Crippen molar-refractivity contribution >= 4 is 44.4 Å². The second kappa shape index (κ2) is 9.73. The van der Waals surface area contributed by atoms with Gasteiger partial charge < -0.3 is 15.0 Å². The first-order valence-corrected chi connectivity index (χ1v) is 15.7. The first-order chi connectivity index (χ1) is 20.0. The summed E-state index contributed by atoms with van der Waals surface area (Å²) in [5.74, 6) is -5.78. The summed E-state index contributed by atoms with van der Waals surface area (Å²) in [6, 6.07) is 7.01. The monoisotopic (exact) mass is 647 g/mol. The molecular weight excluding hydrogens is 621 g/mol. The van der Waals surface area contributed by atoms with Crippen LogP contribution in [0, 0.1) is 5.41 Å². The van der Waals surface area contributed by atoms with Crippen LogP contribution in [0.25, 0.3) is 5.65 Å². The fourth-order valence-corrected chi connectivity index (χ4v) is 8.00. The van der Waals surface area contributed by atoms with E-state index in [1.807, 2.05) is 0 Å². The number of amides is 1. The van der Waals surface area contributed by atoms with Crippen molar-refractivity contribution < 1.29 is 39.9 Å². The Kier molecular flexibility index (Phi) is 6.79. The number of anilines is 2. The van der Waals surface area contributed by atoms with Crippen LogP contribution in [0.4, 0.5) is 33.3 Å². The summed E-state index contributed by atoms with van der Waals surface area (Å²) in [4.78, 5) is 18.4. The van der Waals surface area contributed by atoms with Crippen LogP contribution in [0.5, 0.6) is 0 Å². The van der Waals surface area contributed by atoms with Gasteiger partial charge in [0, 0.05) is 24.8 Å². The summed E-state index contributed by atoms with van der Waals surface area (Å²) in [6.07, 6.45) is -3.49. The highest BCUT2D eigenvalue weighted by molar-refractivity contribution is 7.91. The van der Waals surface area contributed by atoms with E-state index < -0.39 is 57.2 Å². The Hall–Kier alpha value is -3.04. The van der Waals surface area contributed by atoms with Crippen LogP contribution in [0.15, 0.2) is 36.5 Å². The molecule has 16 heteroatoms. The molecule has 0 radical (unpaired) electrons. The molecular formula is C27H27ClF5N5O4S. The van der Waals surface area contributed by atoms with Gasteiger partial charge in [0.15, 0.2) is 20.6 Å². The minimum absolute atomic E-state index is 0.0116. The Morgan fingerprint density at radius 3 is 2.53 bits per heavy atom. The Balaban J connectivity index is 1.19. The number of halogens is 6. The van der Waals surface area contributed by atoms with Crippen molar-refractivity contribution in [3.8, 4) is 0 Å². The zero-order chi connectivity index (χ0) is 31.2. The molecule has 1 saturated heterocycles. The maximum Gasteiger partial charge on any atom is 0.401 e. The Morgan fingerprint density at radius 1 is 1.21 bits per heavy atom. The summed E-state index contributed by atoms with van der Waals surface area (Å²) in [7, 11) is -3.14. The molecule has 3 aliphatic rings. The zero-order valence-electron chi connectivity index (χ0n) is 23.0. The molecule has 232 valence electrons. The molecule has 0 bridgehead atoms. The van der Waals surface area contributed by atoms with Crippen LogP contribution in [-0.4, -0.2) is 78.3 Å². The average molecular weight is 648 g/mol. The maximum atomic E-state index is 15.1. The predicted octanol–water partition coefficient (Wildman–Crippen LogP) is 4.41. The molecule has 2 aromatic heterocycles. The van der Waals surface area contributed by atoms with Crippen LogP contribution < -0.4 is 10.2 Å². The molecule has 4 atom stereocenters. The molecule has 1 saturated carbocycles. The molecule has 1 N–H and O–H groups in total. The summed E-state index contributed by atoms with van der Waals surface area (Å²) < 4.78 is 103. The molecule has 0 spiro atoms. The van der Waals surface area contributed by atoms with Gasteiger partial charge in [-0.3, -0.25) is 4.79 Å².